The summed E-state index contributed by atoms with van der Waals surface area (Å²) in [7, 11) is 0. The Bertz CT molecular complexity index is 1070. The maximum atomic E-state index is 13.0. The molecule has 0 aliphatic carbocycles. The molecule has 1 aliphatic heterocycles. The number of anilines is 1. The Hall–Kier alpha value is -3.14. The van der Waals surface area contributed by atoms with E-state index in [1.54, 1.807) is 36.4 Å². The third-order valence-electron chi connectivity index (χ3n) is 4.34. The summed E-state index contributed by atoms with van der Waals surface area (Å²) >= 11 is 4.69. The summed E-state index contributed by atoms with van der Waals surface area (Å²) in [4.78, 5) is 31.3. The van der Waals surface area contributed by atoms with Crippen molar-refractivity contribution in [1.82, 2.24) is 0 Å². The molecule has 0 bridgehead atoms. The third-order valence-corrected chi connectivity index (χ3v) is 4.43. The molecule has 0 unspecified atom stereocenters. The highest BCUT2D eigenvalue weighted by Crippen LogP contribution is 2.36. The molecule has 3 aromatic rings. The van der Waals surface area contributed by atoms with Crippen LogP contribution in [0.3, 0.4) is 0 Å². The second kappa shape index (κ2) is 5.74. The summed E-state index contributed by atoms with van der Waals surface area (Å²) in [6.45, 7) is 1.96. The van der Waals surface area contributed by atoms with E-state index in [0.29, 0.717) is 27.9 Å². The zero-order chi connectivity index (χ0) is 17.6. The molecule has 2 amide bonds. The number of imide groups is 1. The average Bonchev–Trinajstić information content (AvgIpc) is 2.62. The van der Waals surface area contributed by atoms with Gasteiger partial charge in [0, 0.05) is 21.9 Å². The van der Waals surface area contributed by atoms with E-state index in [0.717, 1.165) is 10.9 Å². The number of carbonyl (C=O) groups excluding carboxylic acids is 2. The molecule has 0 saturated carbocycles. The summed E-state index contributed by atoms with van der Waals surface area (Å²) in [6.07, 6.45) is 0. The van der Waals surface area contributed by atoms with Crippen LogP contribution >= 0.6 is 12.2 Å². The van der Waals surface area contributed by atoms with Crippen LogP contribution in [0.5, 0.6) is 0 Å². The van der Waals surface area contributed by atoms with E-state index >= 15 is 0 Å². The summed E-state index contributed by atoms with van der Waals surface area (Å²) in [5.41, 5.74) is 3.18. The van der Waals surface area contributed by atoms with Crippen molar-refractivity contribution in [3.8, 4) is 0 Å². The highest BCUT2D eigenvalue weighted by Gasteiger charge is 2.34. The van der Waals surface area contributed by atoms with Gasteiger partial charge in [-0.1, -0.05) is 29.8 Å². The van der Waals surface area contributed by atoms with Crippen LogP contribution in [-0.2, 0) is 0 Å². The largest absolute Gasteiger partial charge is 0.268 e. The van der Waals surface area contributed by atoms with Crippen molar-refractivity contribution in [2.45, 2.75) is 6.92 Å². The Kier molecular flexibility index (Phi) is 3.53. The summed E-state index contributed by atoms with van der Waals surface area (Å²) in [6, 6.07) is 16.1. The van der Waals surface area contributed by atoms with E-state index in [1.165, 1.54) is 4.90 Å². The maximum Gasteiger partial charge on any atom is 0.265 e. The van der Waals surface area contributed by atoms with E-state index in [9.17, 15) is 9.59 Å². The van der Waals surface area contributed by atoms with Gasteiger partial charge in [0.05, 0.1) is 16.5 Å². The predicted molar refractivity (Wildman–Crippen MR) is 101 cm³/mol. The van der Waals surface area contributed by atoms with Crippen LogP contribution in [0.4, 0.5) is 11.4 Å². The first-order chi connectivity index (χ1) is 12.1. The van der Waals surface area contributed by atoms with Gasteiger partial charge in [-0.2, -0.15) is 4.99 Å². The van der Waals surface area contributed by atoms with E-state index in [1.807, 2.05) is 25.1 Å². The van der Waals surface area contributed by atoms with Gasteiger partial charge < -0.3 is 0 Å². The number of hydrogen-bond acceptors (Lipinski definition) is 4. The smallest absolute Gasteiger partial charge is 0.265 e. The molecule has 120 valence electrons. The van der Waals surface area contributed by atoms with Crippen molar-refractivity contribution >= 4 is 51.3 Å². The quantitative estimate of drug-likeness (QED) is 0.385. The van der Waals surface area contributed by atoms with Crippen molar-refractivity contribution in [3.63, 3.8) is 0 Å². The molecular formula is C20H12N2O2S. The number of nitrogens with zero attached hydrogens (tertiary/aromatic N) is 2. The molecule has 1 aliphatic rings. The number of isothiocyanates is 1. The maximum absolute atomic E-state index is 13.0. The van der Waals surface area contributed by atoms with E-state index in [2.05, 4.69) is 22.4 Å². The topological polar surface area (TPSA) is 49.7 Å². The van der Waals surface area contributed by atoms with Gasteiger partial charge >= 0.3 is 0 Å². The van der Waals surface area contributed by atoms with Crippen molar-refractivity contribution in [2.75, 3.05) is 4.90 Å². The average molecular weight is 344 g/mol. The van der Waals surface area contributed by atoms with Crippen LogP contribution in [0.1, 0.15) is 26.3 Å². The van der Waals surface area contributed by atoms with Crippen LogP contribution < -0.4 is 4.90 Å². The van der Waals surface area contributed by atoms with Crippen LogP contribution in [-0.4, -0.2) is 17.0 Å². The molecule has 0 N–H and O–H groups in total. The third kappa shape index (κ3) is 2.30. The number of amides is 2. The van der Waals surface area contributed by atoms with Gasteiger partial charge in [0.2, 0.25) is 0 Å². The van der Waals surface area contributed by atoms with Crippen LogP contribution in [0.15, 0.2) is 59.6 Å². The molecule has 0 spiro atoms. The monoisotopic (exact) mass is 344 g/mol. The number of aryl methyl sites for hydroxylation is 1. The first kappa shape index (κ1) is 15.4. The molecule has 0 fully saturated rings. The molecule has 1 heterocycles. The summed E-state index contributed by atoms with van der Waals surface area (Å²) in [5.74, 6) is -0.675. The van der Waals surface area contributed by atoms with Crippen molar-refractivity contribution in [3.05, 3.63) is 71.3 Å². The first-order valence-corrected chi connectivity index (χ1v) is 8.11. The fourth-order valence-corrected chi connectivity index (χ4v) is 3.25. The molecule has 25 heavy (non-hydrogen) atoms. The van der Waals surface area contributed by atoms with Gasteiger partial charge in [-0.25, -0.2) is 4.90 Å². The highest BCUT2D eigenvalue weighted by atomic mass is 32.1. The SMILES string of the molecule is Cc1ccc(N2C(=O)c3cccc4c(N=C=S)ccc(c34)C2=O)cc1. The Morgan fingerprint density at radius 2 is 1.60 bits per heavy atom. The zero-order valence-electron chi connectivity index (χ0n) is 13.3. The highest BCUT2D eigenvalue weighted by molar-refractivity contribution is 7.78. The minimum atomic E-state index is -0.338. The molecule has 3 aromatic carbocycles. The van der Waals surface area contributed by atoms with Gasteiger partial charge in [0.15, 0.2) is 0 Å². The number of carbonyl (C=O) groups is 2. The fraction of sp³-hybridized carbons (Fsp3) is 0.0500. The number of benzene rings is 3. The van der Waals surface area contributed by atoms with Crippen LogP contribution in [0, 0.1) is 6.92 Å². The fourth-order valence-electron chi connectivity index (χ4n) is 3.16. The molecular weight excluding hydrogens is 332 g/mol. The van der Waals surface area contributed by atoms with E-state index < -0.39 is 0 Å². The lowest BCUT2D eigenvalue weighted by Crippen LogP contribution is -2.40. The Balaban J connectivity index is 1.99. The lowest BCUT2D eigenvalue weighted by molar-refractivity contribution is 0.0893. The van der Waals surface area contributed by atoms with Gasteiger partial charge in [-0.05, 0) is 49.5 Å². The normalized spacial score (nSPS) is 13.1. The Morgan fingerprint density at radius 1 is 0.920 bits per heavy atom. The zero-order valence-corrected chi connectivity index (χ0v) is 14.1. The number of aliphatic imine (C=N–C) groups is 1. The van der Waals surface area contributed by atoms with Crippen molar-refractivity contribution in [1.29, 1.82) is 0 Å². The first-order valence-electron chi connectivity index (χ1n) is 7.71. The van der Waals surface area contributed by atoms with Gasteiger partial charge in [0.25, 0.3) is 11.8 Å². The molecule has 4 rings (SSSR count). The molecule has 5 heteroatoms. The lowest BCUT2D eigenvalue weighted by Gasteiger charge is -2.27. The number of thiocarbonyl (C=S) groups is 1. The van der Waals surface area contributed by atoms with E-state index in [-0.39, 0.29) is 11.8 Å². The predicted octanol–water partition coefficient (Wildman–Crippen LogP) is 4.68. The summed E-state index contributed by atoms with van der Waals surface area (Å²) < 4.78 is 0. The number of rotatable bonds is 2. The van der Waals surface area contributed by atoms with Gasteiger partial charge in [-0.15, -0.1) is 0 Å². The molecule has 0 saturated heterocycles. The van der Waals surface area contributed by atoms with Gasteiger partial charge in [-0.3, -0.25) is 9.59 Å². The van der Waals surface area contributed by atoms with Crippen LogP contribution in [0.2, 0.25) is 0 Å². The van der Waals surface area contributed by atoms with Gasteiger partial charge in [0.1, 0.15) is 0 Å². The second-order valence-corrected chi connectivity index (χ2v) is 6.03. The molecule has 4 nitrogen and oxygen atoms in total. The number of hydrogen-bond donors (Lipinski definition) is 0. The summed E-state index contributed by atoms with van der Waals surface area (Å²) in [5, 5.41) is 3.68. The molecule has 0 atom stereocenters. The van der Waals surface area contributed by atoms with E-state index in [4.69, 9.17) is 0 Å². The lowest BCUT2D eigenvalue weighted by atomic mass is 9.92. The van der Waals surface area contributed by atoms with Crippen molar-refractivity contribution < 1.29 is 9.59 Å². The molecule has 0 aromatic heterocycles. The Morgan fingerprint density at radius 3 is 2.28 bits per heavy atom. The second-order valence-electron chi connectivity index (χ2n) is 5.84. The molecule has 0 radical (unpaired) electrons. The van der Waals surface area contributed by atoms with Crippen molar-refractivity contribution in [2.24, 2.45) is 4.99 Å². The standard InChI is InChI=1S/C20H12N2O2S/c1-12-5-7-13(8-6-12)22-19(23)15-4-2-3-14-17(21-11-25)10-9-16(18(14)15)20(22)24/h2-10H,1H3. The Labute approximate surface area is 149 Å². The minimum absolute atomic E-state index is 0.338. The minimum Gasteiger partial charge on any atom is -0.268 e. The van der Waals surface area contributed by atoms with Crippen LogP contribution in [0.25, 0.3) is 10.8 Å².